The lowest BCUT2D eigenvalue weighted by Crippen LogP contribution is -2.20. The summed E-state index contributed by atoms with van der Waals surface area (Å²) < 4.78 is 23.2. The molecule has 6 heteroatoms. The first kappa shape index (κ1) is 14.5. The summed E-state index contributed by atoms with van der Waals surface area (Å²) in [6.07, 6.45) is 0.380. The van der Waals surface area contributed by atoms with Crippen LogP contribution < -0.4 is 10.6 Å². The van der Waals surface area contributed by atoms with E-state index in [2.05, 4.69) is 10.6 Å². The summed E-state index contributed by atoms with van der Waals surface area (Å²) in [7, 11) is -1.55. The fourth-order valence-corrected chi connectivity index (χ4v) is 2.28. The van der Waals surface area contributed by atoms with Crippen LogP contribution in [0.25, 0.3) is 0 Å². The summed E-state index contributed by atoms with van der Waals surface area (Å²) in [6, 6.07) is 6.54. The van der Waals surface area contributed by atoms with Crippen LogP contribution in [0.2, 0.25) is 0 Å². The van der Waals surface area contributed by atoms with E-state index in [9.17, 15) is 13.2 Å². The standard InChI is InChI=1S/C12H18N2O3S/c1-3-18(16,17)11-6-4-10(5-7-11)14-9-8-12(15)13-2/h4-7,14H,3,8-9H2,1-2H3,(H,13,15). The van der Waals surface area contributed by atoms with E-state index in [1.807, 2.05) is 0 Å². The topological polar surface area (TPSA) is 75.3 Å². The Balaban J connectivity index is 2.59. The van der Waals surface area contributed by atoms with Gasteiger partial charge in [0, 0.05) is 25.7 Å². The number of hydrogen-bond acceptors (Lipinski definition) is 4. The maximum Gasteiger partial charge on any atom is 0.221 e. The Morgan fingerprint density at radius 3 is 2.33 bits per heavy atom. The summed E-state index contributed by atoms with van der Waals surface area (Å²) in [5.74, 6) is 0.0591. The molecule has 0 saturated heterocycles. The molecule has 1 rings (SSSR count). The Hall–Kier alpha value is -1.56. The molecule has 1 amide bonds. The summed E-state index contributed by atoms with van der Waals surface area (Å²) in [5, 5.41) is 5.58. The van der Waals surface area contributed by atoms with E-state index in [1.54, 1.807) is 38.2 Å². The second kappa shape index (κ2) is 6.39. The number of sulfone groups is 1. The minimum atomic E-state index is -3.14. The van der Waals surface area contributed by atoms with Crippen molar-refractivity contribution >= 4 is 21.4 Å². The van der Waals surface area contributed by atoms with Gasteiger partial charge in [-0.2, -0.15) is 0 Å². The average Bonchev–Trinajstić information content (AvgIpc) is 2.39. The molecule has 18 heavy (non-hydrogen) atoms. The molecule has 1 aromatic carbocycles. The van der Waals surface area contributed by atoms with Gasteiger partial charge in [-0.3, -0.25) is 4.79 Å². The quantitative estimate of drug-likeness (QED) is 0.809. The van der Waals surface area contributed by atoms with Crippen molar-refractivity contribution in [3.8, 4) is 0 Å². The van der Waals surface area contributed by atoms with E-state index < -0.39 is 9.84 Å². The number of carbonyl (C=O) groups excluding carboxylic acids is 1. The lowest BCUT2D eigenvalue weighted by Gasteiger charge is -2.07. The second-order valence-electron chi connectivity index (χ2n) is 3.78. The van der Waals surface area contributed by atoms with Crippen LogP contribution in [-0.2, 0) is 14.6 Å². The van der Waals surface area contributed by atoms with E-state index in [-0.39, 0.29) is 11.7 Å². The van der Waals surface area contributed by atoms with Crippen LogP contribution in [0.1, 0.15) is 13.3 Å². The monoisotopic (exact) mass is 270 g/mol. The molecule has 0 fully saturated rings. The zero-order chi connectivity index (χ0) is 13.6. The Labute approximate surface area is 108 Å². The van der Waals surface area contributed by atoms with Crippen molar-refractivity contribution in [2.24, 2.45) is 0 Å². The van der Waals surface area contributed by atoms with E-state index in [0.717, 1.165) is 5.69 Å². The molecule has 100 valence electrons. The second-order valence-corrected chi connectivity index (χ2v) is 6.06. The number of hydrogen-bond donors (Lipinski definition) is 2. The molecule has 0 atom stereocenters. The molecule has 0 radical (unpaired) electrons. The highest BCUT2D eigenvalue weighted by atomic mass is 32.2. The first-order chi connectivity index (χ1) is 8.49. The number of nitrogens with one attached hydrogen (secondary N) is 2. The highest BCUT2D eigenvalue weighted by Crippen LogP contribution is 2.15. The molecule has 0 aliphatic rings. The number of amides is 1. The molecule has 0 bridgehead atoms. The summed E-state index contributed by atoms with van der Waals surface area (Å²) in [4.78, 5) is 11.3. The van der Waals surface area contributed by atoms with Crippen molar-refractivity contribution in [1.29, 1.82) is 0 Å². The van der Waals surface area contributed by atoms with Gasteiger partial charge in [-0.25, -0.2) is 8.42 Å². The van der Waals surface area contributed by atoms with E-state index >= 15 is 0 Å². The summed E-state index contributed by atoms with van der Waals surface area (Å²) >= 11 is 0. The number of anilines is 1. The first-order valence-corrected chi connectivity index (χ1v) is 7.42. The molecule has 0 aliphatic heterocycles. The van der Waals surface area contributed by atoms with Crippen molar-refractivity contribution < 1.29 is 13.2 Å². The predicted molar refractivity (Wildman–Crippen MR) is 71.3 cm³/mol. The normalized spacial score (nSPS) is 11.0. The average molecular weight is 270 g/mol. The third-order valence-electron chi connectivity index (χ3n) is 2.55. The van der Waals surface area contributed by atoms with Gasteiger partial charge in [-0.1, -0.05) is 6.92 Å². The number of carbonyl (C=O) groups is 1. The minimum Gasteiger partial charge on any atom is -0.385 e. The van der Waals surface area contributed by atoms with Gasteiger partial charge >= 0.3 is 0 Å². The van der Waals surface area contributed by atoms with Gasteiger partial charge < -0.3 is 10.6 Å². The largest absolute Gasteiger partial charge is 0.385 e. The van der Waals surface area contributed by atoms with Crippen LogP contribution in [0.3, 0.4) is 0 Å². The Morgan fingerprint density at radius 1 is 1.22 bits per heavy atom. The third kappa shape index (κ3) is 4.03. The van der Waals surface area contributed by atoms with Crippen LogP contribution >= 0.6 is 0 Å². The Kier molecular flexibility index (Phi) is 5.15. The maximum atomic E-state index is 11.6. The Morgan fingerprint density at radius 2 is 1.83 bits per heavy atom. The van der Waals surface area contributed by atoms with Gasteiger partial charge in [0.2, 0.25) is 5.91 Å². The van der Waals surface area contributed by atoms with Gasteiger partial charge in [0.1, 0.15) is 0 Å². The van der Waals surface area contributed by atoms with Gasteiger partial charge in [0.15, 0.2) is 9.84 Å². The smallest absolute Gasteiger partial charge is 0.221 e. The SMILES string of the molecule is CCS(=O)(=O)c1ccc(NCCC(=O)NC)cc1. The lowest BCUT2D eigenvalue weighted by molar-refractivity contribution is -0.120. The fraction of sp³-hybridized carbons (Fsp3) is 0.417. The van der Waals surface area contributed by atoms with Gasteiger partial charge in [-0.15, -0.1) is 0 Å². The number of benzene rings is 1. The molecular formula is C12H18N2O3S. The van der Waals surface area contributed by atoms with Gasteiger partial charge in [0.05, 0.1) is 10.6 Å². The van der Waals surface area contributed by atoms with Crippen LogP contribution in [0, 0.1) is 0 Å². The Bertz CT molecular complexity index is 495. The van der Waals surface area contributed by atoms with Crippen LogP contribution in [0.15, 0.2) is 29.2 Å². The molecule has 2 N–H and O–H groups in total. The fourth-order valence-electron chi connectivity index (χ4n) is 1.39. The van der Waals surface area contributed by atoms with E-state index in [4.69, 9.17) is 0 Å². The molecule has 0 saturated carbocycles. The molecule has 0 spiro atoms. The van der Waals surface area contributed by atoms with Gasteiger partial charge in [0.25, 0.3) is 0 Å². The van der Waals surface area contributed by atoms with E-state index in [1.165, 1.54) is 0 Å². The van der Waals surface area contributed by atoms with Crippen molar-refractivity contribution in [2.75, 3.05) is 24.7 Å². The molecular weight excluding hydrogens is 252 g/mol. The highest BCUT2D eigenvalue weighted by molar-refractivity contribution is 7.91. The van der Waals surface area contributed by atoms with Crippen LogP contribution in [0.4, 0.5) is 5.69 Å². The molecule has 5 nitrogen and oxygen atoms in total. The summed E-state index contributed by atoms with van der Waals surface area (Å²) in [5.41, 5.74) is 0.800. The zero-order valence-corrected chi connectivity index (χ0v) is 11.4. The molecule has 0 aliphatic carbocycles. The molecule has 0 heterocycles. The van der Waals surface area contributed by atoms with Crippen molar-refractivity contribution in [2.45, 2.75) is 18.2 Å². The van der Waals surface area contributed by atoms with Gasteiger partial charge in [-0.05, 0) is 24.3 Å². The number of rotatable bonds is 6. The zero-order valence-electron chi connectivity index (χ0n) is 10.6. The first-order valence-electron chi connectivity index (χ1n) is 5.77. The maximum absolute atomic E-state index is 11.6. The minimum absolute atomic E-state index is 0.0346. The van der Waals surface area contributed by atoms with Crippen molar-refractivity contribution in [3.05, 3.63) is 24.3 Å². The van der Waals surface area contributed by atoms with Crippen molar-refractivity contribution in [3.63, 3.8) is 0 Å². The lowest BCUT2D eigenvalue weighted by atomic mass is 10.3. The van der Waals surface area contributed by atoms with E-state index in [0.29, 0.717) is 17.9 Å². The third-order valence-corrected chi connectivity index (χ3v) is 4.30. The molecule has 0 unspecified atom stereocenters. The summed E-state index contributed by atoms with van der Waals surface area (Å²) in [6.45, 7) is 2.13. The predicted octanol–water partition coefficient (Wildman–Crippen LogP) is 1.03. The molecule has 0 aromatic heterocycles. The van der Waals surface area contributed by atoms with Crippen LogP contribution in [0.5, 0.6) is 0 Å². The highest BCUT2D eigenvalue weighted by Gasteiger charge is 2.10. The van der Waals surface area contributed by atoms with Crippen LogP contribution in [-0.4, -0.2) is 33.7 Å². The molecule has 1 aromatic rings. The van der Waals surface area contributed by atoms with Crippen molar-refractivity contribution in [1.82, 2.24) is 5.32 Å².